The Labute approximate surface area is 201 Å². The van der Waals surface area contributed by atoms with Crippen LogP contribution in [0.25, 0.3) is 16.8 Å². The van der Waals surface area contributed by atoms with E-state index in [1.165, 1.54) is 10.9 Å². The SMILES string of the molecule is N=C/C(=C(/Oc1ccc(-c2ccccc2CO)cc1)C(=O)Nc1ccc(Cl)cc1)n1ccnc1. The molecule has 0 saturated carbocycles. The zero-order valence-corrected chi connectivity index (χ0v) is 18.7. The zero-order chi connectivity index (χ0) is 23.9. The van der Waals surface area contributed by atoms with Crippen LogP contribution in [-0.2, 0) is 11.4 Å². The number of amides is 1. The summed E-state index contributed by atoms with van der Waals surface area (Å²) in [5.74, 6) is -0.207. The van der Waals surface area contributed by atoms with Gasteiger partial charge in [-0.3, -0.25) is 4.79 Å². The maximum Gasteiger partial charge on any atom is 0.293 e. The van der Waals surface area contributed by atoms with E-state index in [0.29, 0.717) is 16.5 Å². The number of imidazole rings is 1. The number of hydrogen-bond acceptors (Lipinski definition) is 5. The number of carbonyl (C=O) groups excluding carboxylic acids is 1. The van der Waals surface area contributed by atoms with Crippen molar-refractivity contribution in [3.63, 3.8) is 0 Å². The molecule has 0 radical (unpaired) electrons. The number of rotatable bonds is 8. The molecular formula is C26H21ClN4O3. The van der Waals surface area contributed by atoms with Gasteiger partial charge in [0, 0.05) is 29.3 Å². The lowest BCUT2D eigenvalue weighted by atomic mass is 10.0. The molecule has 8 heteroatoms. The third-order valence-electron chi connectivity index (χ3n) is 5.03. The van der Waals surface area contributed by atoms with Gasteiger partial charge in [-0.2, -0.15) is 0 Å². The topological polar surface area (TPSA) is 100 Å². The van der Waals surface area contributed by atoms with Gasteiger partial charge in [0.1, 0.15) is 11.4 Å². The number of carbonyl (C=O) groups is 1. The van der Waals surface area contributed by atoms with Crippen LogP contribution in [0.5, 0.6) is 5.75 Å². The molecule has 34 heavy (non-hydrogen) atoms. The highest BCUT2D eigenvalue weighted by molar-refractivity contribution is 6.30. The fourth-order valence-electron chi connectivity index (χ4n) is 3.36. The number of nitrogens with one attached hydrogen (secondary N) is 2. The van der Waals surface area contributed by atoms with Crippen molar-refractivity contribution in [1.82, 2.24) is 9.55 Å². The number of aliphatic hydroxyl groups excluding tert-OH is 1. The van der Waals surface area contributed by atoms with Crippen molar-refractivity contribution >= 4 is 35.1 Å². The fourth-order valence-corrected chi connectivity index (χ4v) is 3.48. The maximum absolute atomic E-state index is 13.2. The number of nitrogens with zero attached hydrogens (tertiary/aromatic N) is 2. The molecule has 0 saturated heterocycles. The first-order valence-electron chi connectivity index (χ1n) is 10.4. The summed E-state index contributed by atoms with van der Waals surface area (Å²) in [6, 6.07) is 21.4. The van der Waals surface area contributed by atoms with Crippen LogP contribution in [0, 0.1) is 5.41 Å². The Morgan fingerprint density at radius 1 is 1.09 bits per heavy atom. The Balaban J connectivity index is 1.66. The fraction of sp³-hybridized carbons (Fsp3) is 0.0385. The van der Waals surface area contributed by atoms with Crippen LogP contribution >= 0.6 is 11.6 Å². The molecule has 0 aliphatic carbocycles. The third-order valence-corrected chi connectivity index (χ3v) is 5.29. The van der Waals surface area contributed by atoms with Gasteiger partial charge in [0.25, 0.3) is 5.91 Å². The van der Waals surface area contributed by atoms with Gasteiger partial charge in [0.15, 0.2) is 0 Å². The standard InChI is InChI=1S/C26H21ClN4O3/c27-20-7-9-21(10-8-20)30-26(33)25(24(15-28)31-14-13-29-17-31)34-22-11-5-18(6-12-22)23-4-2-1-3-19(23)16-32/h1-15,17,28,32H,16H2,(H,30,33)/b25-24-,28-15?. The van der Waals surface area contributed by atoms with Gasteiger partial charge in [0.05, 0.1) is 12.9 Å². The Hall–Kier alpha value is -4.20. The van der Waals surface area contributed by atoms with Gasteiger partial charge < -0.3 is 25.1 Å². The van der Waals surface area contributed by atoms with Gasteiger partial charge in [-0.15, -0.1) is 0 Å². The molecule has 0 bridgehead atoms. The molecule has 0 aliphatic rings. The predicted octanol–water partition coefficient (Wildman–Crippen LogP) is 5.23. The highest BCUT2D eigenvalue weighted by atomic mass is 35.5. The van der Waals surface area contributed by atoms with Crippen LogP contribution in [0.3, 0.4) is 0 Å². The number of hydrogen-bond donors (Lipinski definition) is 3. The van der Waals surface area contributed by atoms with E-state index in [4.69, 9.17) is 21.7 Å². The first-order chi connectivity index (χ1) is 16.6. The molecule has 1 amide bonds. The van der Waals surface area contributed by atoms with Crippen molar-refractivity contribution in [2.45, 2.75) is 6.61 Å². The molecular weight excluding hydrogens is 452 g/mol. The van der Waals surface area contributed by atoms with Crippen molar-refractivity contribution < 1.29 is 14.6 Å². The second kappa shape index (κ2) is 10.6. The summed E-state index contributed by atoms with van der Waals surface area (Å²) >= 11 is 5.93. The summed E-state index contributed by atoms with van der Waals surface area (Å²) in [7, 11) is 0. The lowest BCUT2D eigenvalue weighted by Crippen LogP contribution is -2.21. The average molecular weight is 473 g/mol. The summed E-state index contributed by atoms with van der Waals surface area (Å²) in [6.45, 7) is -0.0697. The molecule has 0 spiro atoms. The van der Waals surface area contributed by atoms with Gasteiger partial charge in [-0.05, 0) is 53.1 Å². The molecule has 170 valence electrons. The minimum absolute atomic E-state index is 0.0697. The van der Waals surface area contributed by atoms with Gasteiger partial charge in [0.2, 0.25) is 5.76 Å². The van der Waals surface area contributed by atoms with E-state index in [2.05, 4.69) is 10.3 Å². The molecule has 0 unspecified atom stereocenters. The molecule has 3 N–H and O–H groups in total. The highest BCUT2D eigenvalue weighted by Gasteiger charge is 2.19. The molecule has 0 atom stereocenters. The Bertz CT molecular complexity index is 1320. The first kappa shape index (κ1) is 23.0. The van der Waals surface area contributed by atoms with Crippen molar-refractivity contribution in [3.8, 4) is 16.9 Å². The molecule has 3 aromatic carbocycles. The zero-order valence-electron chi connectivity index (χ0n) is 18.0. The highest BCUT2D eigenvalue weighted by Crippen LogP contribution is 2.27. The monoisotopic (exact) mass is 472 g/mol. The summed E-state index contributed by atoms with van der Waals surface area (Å²) in [5.41, 5.74) is 3.35. The molecule has 0 fully saturated rings. The maximum atomic E-state index is 13.2. The summed E-state index contributed by atoms with van der Waals surface area (Å²) in [4.78, 5) is 17.2. The molecule has 1 aromatic heterocycles. The largest absolute Gasteiger partial charge is 0.449 e. The van der Waals surface area contributed by atoms with Gasteiger partial charge in [-0.25, -0.2) is 4.98 Å². The van der Waals surface area contributed by atoms with Crippen LogP contribution in [0.4, 0.5) is 5.69 Å². The van der Waals surface area contributed by atoms with Gasteiger partial charge >= 0.3 is 0 Å². The van der Waals surface area contributed by atoms with Crippen molar-refractivity contribution in [2.75, 3.05) is 5.32 Å². The summed E-state index contributed by atoms with van der Waals surface area (Å²) in [5, 5.41) is 20.8. The average Bonchev–Trinajstić information content (AvgIpc) is 3.40. The Morgan fingerprint density at radius 3 is 2.47 bits per heavy atom. The number of ether oxygens (including phenoxy) is 1. The van der Waals surface area contributed by atoms with E-state index in [1.807, 2.05) is 36.4 Å². The van der Waals surface area contributed by atoms with Crippen molar-refractivity contribution in [3.05, 3.63) is 108 Å². The summed E-state index contributed by atoms with van der Waals surface area (Å²) < 4.78 is 7.51. The number of allylic oxidation sites excluding steroid dienone is 1. The van der Waals surface area contributed by atoms with E-state index < -0.39 is 5.91 Å². The van der Waals surface area contributed by atoms with Crippen LogP contribution in [0.2, 0.25) is 5.02 Å². The number of halogens is 1. The third kappa shape index (κ3) is 5.23. The normalized spacial score (nSPS) is 11.5. The number of aromatic nitrogens is 2. The smallest absolute Gasteiger partial charge is 0.293 e. The van der Waals surface area contributed by atoms with E-state index >= 15 is 0 Å². The van der Waals surface area contributed by atoms with Crippen LogP contribution in [0.1, 0.15) is 5.56 Å². The van der Waals surface area contributed by atoms with E-state index in [1.54, 1.807) is 48.8 Å². The summed E-state index contributed by atoms with van der Waals surface area (Å²) in [6.07, 6.45) is 5.68. The molecule has 0 aliphatic heterocycles. The van der Waals surface area contributed by atoms with Gasteiger partial charge in [-0.1, -0.05) is 48.0 Å². The molecule has 7 nitrogen and oxygen atoms in total. The predicted molar refractivity (Wildman–Crippen MR) is 133 cm³/mol. The van der Waals surface area contributed by atoms with E-state index in [-0.39, 0.29) is 18.1 Å². The molecule has 4 rings (SSSR count). The minimum Gasteiger partial charge on any atom is -0.449 e. The molecule has 4 aromatic rings. The van der Waals surface area contributed by atoms with Crippen molar-refractivity contribution in [2.24, 2.45) is 0 Å². The number of aliphatic hydroxyl groups is 1. The van der Waals surface area contributed by atoms with E-state index in [9.17, 15) is 9.90 Å². The first-order valence-corrected chi connectivity index (χ1v) is 10.7. The quantitative estimate of drug-likeness (QED) is 0.186. The van der Waals surface area contributed by atoms with Crippen LogP contribution < -0.4 is 10.1 Å². The Morgan fingerprint density at radius 2 is 1.82 bits per heavy atom. The van der Waals surface area contributed by atoms with Crippen LogP contribution in [0.15, 0.2) is 97.3 Å². The molecule has 1 heterocycles. The number of benzene rings is 3. The van der Waals surface area contributed by atoms with Crippen LogP contribution in [-0.4, -0.2) is 26.8 Å². The lowest BCUT2D eigenvalue weighted by molar-refractivity contribution is -0.114. The second-order valence-corrected chi connectivity index (χ2v) is 7.67. The second-order valence-electron chi connectivity index (χ2n) is 7.23. The lowest BCUT2D eigenvalue weighted by Gasteiger charge is -2.15. The van der Waals surface area contributed by atoms with Crippen molar-refractivity contribution in [1.29, 1.82) is 5.41 Å². The number of anilines is 1. The van der Waals surface area contributed by atoms with E-state index in [0.717, 1.165) is 22.9 Å². The Kier molecular flexibility index (Phi) is 7.17. The minimum atomic E-state index is -0.538.